The molecular formula is C23H18N2O7. The standard InChI is InChI=1S/C23H18N2O7/c1-3-11-12-6-5-9-7-10-8-25-18(17(10)24-16(9)11)13(19(12)26)14-15(20(25)27)23(30,31)32-21(28)22(14,29)4-2/h5-7,29-31H,3-4,8H2,1-2H3/t22-/m0/s1. The van der Waals surface area contributed by atoms with Crippen molar-refractivity contribution in [3.8, 4) is 11.4 Å². The van der Waals surface area contributed by atoms with Gasteiger partial charge in [-0.25, -0.2) is 9.78 Å². The minimum Gasteiger partial charge on any atom is -0.401 e. The SMILES string of the molecule is CCc1c2ccc3cc4c(nc13)-c1c(c3c(c(=O)n1C4)C(O)(O)OC(=O)[C@]3(O)CC)C2=O. The third-order valence-electron chi connectivity index (χ3n) is 6.84. The van der Waals surface area contributed by atoms with Crippen LogP contribution in [0.1, 0.15) is 58.4 Å². The minimum absolute atomic E-state index is 0.0521. The fourth-order valence-electron chi connectivity index (χ4n) is 5.29. The van der Waals surface area contributed by atoms with Gasteiger partial charge in [0.05, 0.1) is 29.0 Å². The van der Waals surface area contributed by atoms with E-state index >= 15 is 0 Å². The summed E-state index contributed by atoms with van der Waals surface area (Å²) in [5, 5.41) is 33.2. The zero-order valence-corrected chi connectivity index (χ0v) is 17.2. The molecular weight excluding hydrogens is 416 g/mol. The summed E-state index contributed by atoms with van der Waals surface area (Å²) in [6.45, 7) is 3.42. The highest BCUT2D eigenvalue weighted by molar-refractivity contribution is 6.18. The van der Waals surface area contributed by atoms with Crippen LogP contribution in [0.3, 0.4) is 0 Å². The quantitative estimate of drug-likeness (QED) is 0.274. The monoisotopic (exact) mass is 434 g/mol. The van der Waals surface area contributed by atoms with E-state index in [0.717, 1.165) is 5.39 Å². The molecule has 0 spiro atoms. The maximum absolute atomic E-state index is 14.0. The molecule has 0 unspecified atom stereocenters. The molecule has 3 aromatic rings. The van der Waals surface area contributed by atoms with Gasteiger partial charge in [0.1, 0.15) is 5.56 Å². The summed E-state index contributed by atoms with van der Waals surface area (Å²) in [6.07, 6.45) is 0.253. The van der Waals surface area contributed by atoms with Crippen LogP contribution in [0.4, 0.5) is 0 Å². The topological polar surface area (TPSA) is 139 Å². The molecule has 1 atom stereocenters. The third-order valence-corrected chi connectivity index (χ3v) is 6.84. The normalized spacial score (nSPS) is 21.7. The number of esters is 1. The lowest BCUT2D eigenvalue weighted by Gasteiger charge is -2.39. The maximum atomic E-state index is 14.0. The highest BCUT2D eigenvalue weighted by Gasteiger charge is 2.57. The maximum Gasteiger partial charge on any atom is 0.359 e. The van der Waals surface area contributed by atoms with Gasteiger partial charge in [-0.3, -0.25) is 9.59 Å². The molecule has 0 saturated carbocycles. The van der Waals surface area contributed by atoms with Crippen LogP contribution < -0.4 is 5.56 Å². The predicted molar refractivity (Wildman–Crippen MR) is 110 cm³/mol. The number of benzene rings is 1. The fourth-order valence-corrected chi connectivity index (χ4v) is 5.29. The molecule has 32 heavy (non-hydrogen) atoms. The summed E-state index contributed by atoms with van der Waals surface area (Å²) >= 11 is 0. The van der Waals surface area contributed by atoms with Crippen molar-refractivity contribution in [3.63, 3.8) is 0 Å². The van der Waals surface area contributed by atoms with Gasteiger partial charge in [-0.05, 0) is 24.5 Å². The largest absolute Gasteiger partial charge is 0.401 e. The zero-order valence-electron chi connectivity index (χ0n) is 17.2. The number of rotatable bonds is 2. The highest BCUT2D eigenvalue weighted by Crippen LogP contribution is 2.47. The van der Waals surface area contributed by atoms with Gasteiger partial charge in [0.25, 0.3) is 5.56 Å². The van der Waals surface area contributed by atoms with Gasteiger partial charge in [-0.15, -0.1) is 0 Å². The number of carbonyl (C=O) groups excluding carboxylic acids is 2. The Bertz CT molecular complexity index is 1500. The van der Waals surface area contributed by atoms with E-state index in [0.29, 0.717) is 34.3 Å². The number of fused-ring (bicyclic) bond motifs is 3. The van der Waals surface area contributed by atoms with Crippen molar-refractivity contribution in [2.75, 3.05) is 0 Å². The second-order valence-electron chi connectivity index (χ2n) is 8.42. The molecule has 0 aliphatic carbocycles. The van der Waals surface area contributed by atoms with Crippen LogP contribution in [0, 0.1) is 0 Å². The molecule has 2 aromatic heterocycles. The summed E-state index contributed by atoms with van der Waals surface area (Å²) in [6, 6.07) is 5.33. The van der Waals surface area contributed by atoms with Gasteiger partial charge in [0, 0.05) is 22.1 Å². The summed E-state index contributed by atoms with van der Waals surface area (Å²) < 4.78 is 5.90. The Balaban J connectivity index is 1.90. The summed E-state index contributed by atoms with van der Waals surface area (Å²) in [7, 11) is 0. The molecule has 5 heterocycles. The molecule has 3 N–H and O–H groups in total. The third kappa shape index (κ3) is 1.99. The van der Waals surface area contributed by atoms with Crippen molar-refractivity contribution in [1.82, 2.24) is 9.55 Å². The first-order valence-electron chi connectivity index (χ1n) is 10.4. The van der Waals surface area contributed by atoms with Crippen LogP contribution in [0.5, 0.6) is 0 Å². The van der Waals surface area contributed by atoms with Gasteiger partial charge in [0.15, 0.2) is 11.4 Å². The smallest absolute Gasteiger partial charge is 0.359 e. The molecule has 3 bridgehead atoms. The Morgan fingerprint density at radius 3 is 2.56 bits per heavy atom. The van der Waals surface area contributed by atoms with E-state index in [1.165, 1.54) is 11.5 Å². The zero-order chi connectivity index (χ0) is 22.7. The first-order valence-corrected chi connectivity index (χ1v) is 10.4. The van der Waals surface area contributed by atoms with E-state index in [1.54, 1.807) is 12.1 Å². The second-order valence-corrected chi connectivity index (χ2v) is 8.42. The molecule has 1 aromatic carbocycles. The lowest BCUT2D eigenvalue weighted by molar-refractivity contribution is -0.345. The summed E-state index contributed by atoms with van der Waals surface area (Å²) in [5.41, 5.74) is -1.64. The lowest BCUT2D eigenvalue weighted by Crippen LogP contribution is -2.54. The number of aromatic nitrogens is 2. The van der Waals surface area contributed by atoms with E-state index in [2.05, 4.69) is 4.74 Å². The Morgan fingerprint density at radius 2 is 1.88 bits per heavy atom. The van der Waals surface area contributed by atoms with Crippen LogP contribution in [-0.2, 0) is 34.1 Å². The average molecular weight is 434 g/mol. The highest BCUT2D eigenvalue weighted by atomic mass is 16.8. The molecule has 0 fully saturated rings. The van der Waals surface area contributed by atoms with E-state index < -0.39 is 40.0 Å². The Kier molecular flexibility index (Phi) is 3.43. The molecule has 0 amide bonds. The van der Waals surface area contributed by atoms with E-state index in [1.807, 2.05) is 13.0 Å². The number of aliphatic hydroxyl groups is 3. The van der Waals surface area contributed by atoms with Gasteiger partial charge < -0.3 is 24.6 Å². The number of pyridine rings is 2. The first-order chi connectivity index (χ1) is 15.1. The number of ether oxygens (including phenoxy) is 1. The number of hydrogen-bond acceptors (Lipinski definition) is 8. The molecule has 162 valence electrons. The van der Waals surface area contributed by atoms with Crippen molar-refractivity contribution in [2.45, 2.75) is 44.8 Å². The number of ketones is 1. The summed E-state index contributed by atoms with van der Waals surface area (Å²) in [5.74, 6) is -5.17. The van der Waals surface area contributed by atoms with Crippen LogP contribution >= 0.6 is 0 Å². The Hall–Kier alpha value is -3.40. The van der Waals surface area contributed by atoms with Gasteiger partial charge in [0.2, 0.25) is 0 Å². The second kappa shape index (κ2) is 5.69. The Morgan fingerprint density at radius 1 is 1.12 bits per heavy atom. The molecule has 9 heteroatoms. The number of nitrogens with zero attached hydrogens (tertiary/aromatic N) is 2. The van der Waals surface area contributed by atoms with Crippen molar-refractivity contribution in [1.29, 1.82) is 0 Å². The van der Waals surface area contributed by atoms with Crippen LogP contribution in [0.15, 0.2) is 23.0 Å². The Labute approximate surface area is 180 Å². The molecule has 0 radical (unpaired) electrons. The minimum atomic E-state index is -3.29. The van der Waals surface area contributed by atoms with Crippen LogP contribution in [-0.4, -0.2) is 36.6 Å². The number of aryl methyl sites for hydroxylation is 1. The van der Waals surface area contributed by atoms with Crippen molar-refractivity contribution < 1.29 is 29.6 Å². The van der Waals surface area contributed by atoms with E-state index in [9.17, 15) is 29.7 Å². The molecule has 6 rings (SSSR count). The summed E-state index contributed by atoms with van der Waals surface area (Å²) in [4.78, 5) is 44.9. The van der Waals surface area contributed by atoms with Crippen LogP contribution in [0.2, 0.25) is 0 Å². The first kappa shape index (κ1) is 19.3. The lowest BCUT2D eigenvalue weighted by atomic mass is 9.78. The predicted octanol–water partition coefficient (Wildman–Crippen LogP) is 0.781. The fraction of sp³-hybridized carbons (Fsp3) is 0.304. The number of hydrogen-bond donors (Lipinski definition) is 3. The van der Waals surface area contributed by atoms with Crippen molar-refractivity contribution in [2.24, 2.45) is 0 Å². The number of carbonyl (C=O) groups is 2. The van der Waals surface area contributed by atoms with Crippen LogP contribution in [0.25, 0.3) is 22.3 Å². The van der Waals surface area contributed by atoms with Crippen molar-refractivity contribution in [3.05, 3.63) is 61.9 Å². The van der Waals surface area contributed by atoms with E-state index in [-0.39, 0.29) is 24.2 Å². The molecule has 0 saturated heterocycles. The number of cyclic esters (lactones) is 1. The average Bonchev–Trinajstić information content (AvgIpc) is 3.11. The molecule has 3 aliphatic rings. The van der Waals surface area contributed by atoms with Crippen molar-refractivity contribution >= 4 is 22.7 Å². The molecule has 9 nitrogen and oxygen atoms in total. The van der Waals surface area contributed by atoms with Gasteiger partial charge >= 0.3 is 11.9 Å². The molecule has 3 aliphatic heterocycles. The van der Waals surface area contributed by atoms with Gasteiger partial charge in [-0.2, -0.15) is 0 Å². The van der Waals surface area contributed by atoms with Gasteiger partial charge in [-0.1, -0.05) is 26.0 Å². The van der Waals surface area contributed by atoms with E-state index in [4.69, 9.17) is 4.98 Å².